The van der Waals surface area contributed by atoms with Gasteiger partial charge in [-0.15, -0.1) is 6.58 Å². The molecule has 1 aliphatic rings. The fourth-order valence-electron chi connectivity index (χ4n) is 4.99. The first-order valence-electron chi connectivity index (χ1n) is 14.1. The number of carbonyl (C=O) groups is 1. The summed E-state index contributed by atoms with van der Waals surface area (Å²) in [7, 11) is 1.59. The summed E-state index contributed by atoms with van der Waals surface area (Å²) in [6, 6.07) is 22.5. The van der Waals surface area contributed by atoms with Crippen LogP contribution in [0.5, 0.6) is 11.5 Å². The lowest BCUT2D eigenvalue weighted by Crippen LogP contribution is -2.40. The predicted molar refractivity (Wildman–Crippen MR) is 169 cm³/mol. The van der Waals surface area contributed by atoms with Gasteiger partial charge in [0.15, 0.2) is 4.80 Å². The van der Waals surface area contributed by atoms with Crippen molar-refractivity contribution >= 4 is 23.4 Å². The maximum absolute atomic E-state index is 14.0. The monoisotopic (exact) mass is 594 g/mol. The summed E-state index contributed by atoms with van der Waals surface area (Å²) in [4.78, 5) is 32.5. The van der Waals surface area contributed by atoms with Crippen LogP contribution < -0.4 is 24.4 Å². The van der Waals surface area contributed by atoms with E-state index in [-0.39, 0.29) is 11.7 Å². The summed E-state index contributed by atoms with van der Waals surface area (Å²) in [5.74, 6) is 0.951. The lowest BCUT2D eigenvalue weighted by molar-refractivity contribution is -0.143. The van der Waals surface area contributed by atoms with E-state index < -0.39 is 12.0 Å². The number of thiazole rings is 1. The van der Waals surface area contributed by atoms with Crippen LogP contribution >= 0.6 is 11.3 Å². The molecule has 3 aromatic carbocycles. The molecule has 0 amide bonds. The fraction of sp³-hybridized carbons (Fsp3) is 0.229. The van der Waals surface area contributed by atoms with Crippen LogP contribution in [0.1, 0.15) is 49.1 Å². The largest absolute Gasteiger partial charge is 0.497 e. The molecular weight excluding hydrogens is 560 g/mol. The molecule has 43 heavy (non-hydrogen) atoms. The van der Waals surface area contributed by atoms with E-state index in [0.717, 1.165) is 28.0 Å². The van der Waals surface area contributed by atoms with E-state index in [1.165, 1.54) is 11.3 Å². The molecule has 5 rings (SSSR count). The predicted octanol–water partition coefficient (Wildman–Crippen LogP) is 5.50. The van der Waals surface area contributed by atoms with Gasteiger partial charge < -0.3 is 14.2 Å². The topological polar surface area (TPSA) is 79.1 Å². The summed E-state index contributed by atoms with van der Waals surface area (Å²) in [6.45, 7) is 9.72. The molecule has 0 aliphatic carbocycles. The number of esters is 1. The number of hydrogen-bond donors (Lipinski definition) is 0. The van der Waals surface area contributed by atoms with E-state index in [2.05, 4.69) is 11.6 Å². The summed E-state index contributed by atoms with van der Waals surface area (Å²) in [6.07, 6.45) is 3.98. The second-order valence-corrected chi connectivity index (χ2v) is 11.5. The number of ether oxygens (including phenoxy) is 3. The van der Waals surface area contributed by atoms with Crippen molar-refractivity contribution in [3.63, 3.8) is 0 Å². The molecule has 1 aromatic heterocycles. The molecule has 8 heteroatoms. The molecule has 220 valence electrons. The highest BCUT2D eigenvalue weighted by atomic mass is 32.1. The maximum Gasteiger partial charge on any atom is 0.338 e. The van der Waals surface area contributed by atoms with Gasteiger partial charge in [-0.05, 0) is 79.8 Å². The number of allylic oxidation sites excluding steroid dienone is 2. The van der Waals surface area contributed by atoms with Crippen molar-refractivity contribution in [3.8, 4) is 11.5 Å². The van der Waals surface area contributed by atoms with Crippen LogP contribution in [0.3, 0.4) is 0 Å². The Morgan fingerprint density at radius 3 is 2.51 bits per heavy atom. The number of hydrogen-bond acceptors (Lipinski definition) is 7. The van der Waals surface area contributed by atoms with Crippen molar-refractivity contribution in [1.82, 2.24) is 4.57 Å². The average molecular weight is 595 g/mol. The summed E-state index contributed by atoms with van der Waals surface area (Å²) in [5.41, 5.74) is 4.28. The van der Waals surface area contributed by atoms with E-state index in [1.54, 1.807) is 32.4 Å². The van der Waals surface area contributed by atoms with Gasteiger partial charge in [-0.3, -0.25) is 9.36 Å². The third-order valence-electron chi connectivity index (χ3n) is 7.00. The molecule has 7 nitrogen and oxygen atoms in total. The minimum absolute atomic E-state index is 0.235. The summed E-state index contributed by atoms with van der Waals surface area (Å²) in [5, 5.41) is 0. The van der Waals surface area contributed by atoms with Crippen LogP contribution in [-0.2, 0) is 22.6 Å². The minimum Gasteiger partial charge on any atom is -0.497 e. The Hall–Kier alpha value is -4.69. The zero-order valence-electron chi connectivity index (χ0n) is 24.7. The van der Waals surface area contributed by atoms with Crippen molar-refractivity contribution in [3.05, 3.63) is 139 Å². The standard InChI is InChI=1S/C35H34N2O5S/c1-6-10-27-19-25(13-18-29(27)41-21-24-11-8-7-9-12-24)20-30-33(38)37-32(26-14-16-28(40-5)17-15-26)31(34(39)42-22(2)3)23(4)36-35(37)43-30/h6-9,11-20,22,32H,1,10,21H2,2-5H3/b30-20+/t32-/m0/s1. The third-order valence-corrected chi connectivity index (χ3v) is 7.98. The highest BCUT2D eigenvalue weighted by Gasteiger charge is 2.33. The minimum atomic E-state index is -0.694. The Morgan fingerprint density at radius 1 is 1.09 bits per heavy atom. The SMILES string of the molecule is C=CCc1cc(/C=c2/sc3n(c2=O)[C@@H](c2ccc(OC)cc2)C(C(=O)OC(C)C)=C(C)N=3)ccc1OCc1ccccc1. The van der Waals surface area contributed by atoms with Crippen molar-refractivity contribution in [2.75, 3.05) is 7.11 Å². The number of fused-ring (bicyclic) bond motifs is 1. The zero-order chi connectivity index (χ0) is 30.5. The van der Waals surface area contributed by atoms with Gasteiger partial charge in [0.2, 0.25) is 0 Å². The zero-order valence-corrected chi connectivity index (χ0v) is 25.5. The van der Waals surface area contributed by atoms with Crippen LogP contribution in [0.4, 0.5) is 0 Å². The Bertz CT molecular complexity index is 1850. The van der Waals surface area contributed by atoms with E-state index in [0.29, 0.717) is 39.4 Å². The lowest BCUT2D eigenvalue weighted by Gasteiger charge is -2.25. The molecule has 2 heterocycles. The van der Waals surface area contributed by atoms with Gasteiger partial charge in [0.25, 0.3) is 5.56 Å². The molecule has 0 spiro atoms. The second-order valence-electron chi connectivity index (χ2n) is 10.4. The fourth-order valence-corrected chi connectivity index (χ4v) is 6.04. The van der Waals surface area contributed by atoms with E-state index in [1.807, 2.05) is 84.9 Å². The van der Waals surface area contributed by atoms with Gasteiger partial charge in [0.05, 0.1) is 35.1 Å². The molecule has 1 atom stereocenters. The molecule has 0 radical (unpaired) electrons. The lowest BCUT2D eigenvalue weighted by atomic mass is 9.96. The van der Waals surface area contributed by atoms with Crippen LogP contribution in [-0.4, -0.2) is 23.8 Å². The maximum atomic E-state index is 14.0. The van der Waals surface area contributed by atoms with Gasteiger partial charge in [-0.25, -0.2) is 9.79 Å². The number of methoxy groups -OCH3 is 1. The first-order valence-corrected chi connectivity index (χ1v) is 14.9. The van der Waals surface area contributed by atoms with Gasteiger partial charge >= 0.3 is 5.97 Å². The number of carbonyl (C=O) groups excluding carboxylic acids is 1. The number of aromatic nitrogens is 1. The second kappa shape index (κ2) is 13.1. The number of rotatable bonds is 10. The molecule has 1 aliphatic heterocycles. The molecular formula is C35H34N2O5S. The van der Waals surface area contributed by atoms with Crippen molar-refractivity contribution in [2.24, 2.45) is 4.99 Å². The smallest absolute Gasteiger partial charge is 0.338 e. The van der Waals surface area contributed by atoms with Gasteiger partial charge in [-0.2, -0.15) is 0 Å². The van der Waals surface area contributed by atoms with Gasteiger partial charge in [-0.1, -0.05) is 65.9 Å². The summed E-state index contributed by atoms with van der Waals surface area (Å²) >= 11 is 1.29. The first kappa shape index (κ1) is 29.8. The van der Waals surface area contributed by atoms with Crippen molar-refractivity contribution in [2.45, 2.75) is 45.9 Å². The van der Waals surface area contributed by atoms with Crippen molar-refractivity contribution < 1.29 is 19.0 Å². The van der Waals surface area contributed by atoms with Crippen LogP contribution in [0.2, 0.25) is 0 Å². The molecule has 0 saturated heterocycles. The summed E-state index contributed by atoms with van der Waals surface area (Å²) < 4.78 is 19.1. The Labute approximate surface area is 254 Å². The molecule has 0 N–H and O–H groups in total. The highest BCUT2D eigenvalue weighted by molar-refractivity contribution is 7.07. The molecule has 0 saturated carbocycles. The van der Waals surface area contributed by atoms with Crippen molar-refractivity contribution in [1.29, 1.82) is 0 Å². The highest BCUT2D eigenvalue weighted by Crippen LogP contribution is 2.32. The number of benzene rings is 3. The average Bonchev–Trinajstić information content (AvgIpc) is 3.30. The van der Waals surface area contributed by atoms with E-state index >= 15 is 0 Å². The van der Waals surface area contributed by atoms with Gasteiger partial charge in [0.1, 0.15) is 18.1 Å². The number of nitrogens with zero attached hydrogens (tertiary/aromatic N) is 2. The Morgan fingerprint density at radius 2 is 1.84 bits per heavy atom. The third kappa shape index (κ3) is 6.54. The van der Waals surface area contributed by atoms with Gasteiger partial charge in [0, 0.05) is 0 Å². The van der Waals surface area contributed by atoms with Crippen LogP contribution in [0.15, 0.2) is 107 Å². The molecule has 0 fully saturated rings. The van der Waals surface area contributed by atoms with E-state index in [4.69, 9.17) is 14.2 Å². The molecule has 0 unspecified atom stereocenters. The van der Waals surface area contributed by atoms with Crippen LogP contribution in [0, 0.1) is 0 Å². The molecule has 0 bridgehead atoms. The molecule has 4 aromatic rings. The first-order chi connectivity index (χ1) is 20.8. The Kier molecular flexibility index (Phi) is 9.07. The normalized spacial score (nSPS) is 14.7. The quantitative estimate of drug-likeness (QED) is 0.179. The van der Waals surface area contributed by atoms with E-state index in [9.17, 15) is 9.59 Å². The van der Waals surface area contributed by atoms with Crippen LogP contribution in [0.25, 0.3) is 6.08 Å². The Balaban J connectivity index is 1.57.